The fraction of sp³-hybridized carbons (Fsp3) is 0.286. The molecule has 0 aliphatic carbocycles. The van der Waals surface area contributed by atoms with Crippen molar-refractivity contribution in [3.8, 4) is 5.69 Å². The minimum Gasteiger partial charge on any atom is -0.319 e. The van der Waals surface area contributed by atoms with Crippen LogP contribution in [-0.2, 0) is 16.6 Å². The summed E-state index contributed by atoms with van der Waals surface area (Å²) in [6.45, 7) is 6.19. The normalized spacial score (nSPS) is 15.3. The number of amides is 1. The molecule has 2 aromatic heterocycles. The second-order valence-electron chi connectivity index (χ2n) is 7.71. The van der Waals surface area contributed by atoms with E-state index in [-0.39, 0.29) is 23.1 Å². The lowest BCUT2D eigenvalue weighted by atomic mass is 10.2. The minimum absolute atomic E-state index is 0.0595. The van der Waals surface area contributed by atoms with E-state index in [9.17, 15) is 13.2 Å². The van der Waals surface area contributed by atoms with Gasteiger partial charge in [0.2, 0.25) is 10.0 Å². The molecule has 0 unspecified atom stereocenters. The molecule has 4 rings (SSSR count). The number of nitrogens with one attached hydrogen (secondary N) is 1. The highest BCUT2D eigenvalue weighted by Crippen LogP contribution is 2.32. The number of carbonyl (C=O) groups excluding carboxylic acids is 1. The van der Waals surface area contributed by atoms with E-state index in [0.29, 0.717) is 23.6 Å². The average Bonchev–Trinajstić information content (AvgIpc) is 3.09. The van der Waals surface area contributed by atoms with Crippen LogP contribution in [0.1, 0.15) is 35.6 Å². The molecule has 1 aliphatic heterocycles. The lowest BCUT2D eigenvalue weighted by molar-refractivity contribution is 0.102. The van der Waals surface area contributed by atoms with Crippen molar-refractivity contribution in [3.05, 3.63) is 66.0 Å². The third-order valence-corrected chi connectivity index (χ3v) is 6.87. The van der Waals surface area contributed by atoms with Crippen molar-refractivity contribution in [2.45, 2.75) is 32.2 Å². The van der Waals surface area contributed by atoms with E-state index in [1.54, 1.807) is 47.3 Å². The summed E-state index contributed by atoms with van der Waals surface area (Å²) in [5.41, 5.74) is 2.67. The van der Waals surface area contributed by atoms with Crippen LogP contribution in [-0.4, -0.2) is 39.7 Å². The number of aryl methyl sites for hydroxylation is 1. The second kappa shape index (κ2) is 7.66. The summed E-state index contributed by atoms with van der Waals surface area (Å²) in [5.74, 6) is -0.280. The number of benzene rings is 1. The Balaban J connectivity index is 1.82. The molecule has 0 fully saturated rings. The monoisotopic (exact) mass is 425 g/mol. The van der Waals surface area contributed by atoms with Crippen LogP contribution in [0.4, 0.5) is 5.69 Å². The summed E-state index contributed by atoms with van der Waals surface area (Å²) in [4.78, 5) is 21.6. The van der Waals surface area contributed by atoms with Gasteiger partial charge in [-0.05, 0) is 36.6 Å². The van der Waals surface area contributed by atoms with Crippen molar-refractivity contribution in [2.24, 2.45) is 5.92 Å². The van der Waals surface area contributed by atoms with Crippen LogP contribution < -0.4 is 5.32 Å². The molecule has 1 N–H and O–H groups in total. The van der Waals surface area contributed by atoms with Crippen molar-refractivity contribution >= 4 is 21.6 Å². The van der Waals surface area contributed by atoms with Gasteiger partial charge in [0, 0.05) is 12.7 Å². The Labute approximate surface area is 175 Å². The van der Waals surface area contributed by atoms with Gasteiger partial charge in [0.05, 0.1) is 29.8 Å². The zero-order valence-electron chi connectivity index (χ0n) is 17.0. The molecule has 0 atom stereocenters. The fourth-order valence-electron chi connectivity index (χ4n) is 3.53. The molecule has 1 aliphatic rings. The van der Waals surface area contributed by atoms with Crippen molar-refractivity contribution in [2.75, 3.05) is 11.9 Å². The maximum Gasteiger partial charge on any atom is 0.276 e. The molecule has 0 spiro atoms. The van der Waals surface area contributed by atoms with E-state index in [1.165, 1.54) is 10.6 Å². The van der Waals surface area contributed by atoms with Gasteiger partial charge >= 0.3 is 0 Å². The number of hydrogen-bond donors (Lipinski definition) is 1. The Bertz CT molecular complexity index is 1220. The van der Waals surface area contributed by atoms with Gasteiger partial charge in [0.1, 0.15) is 11.2 Å². The standard InChI is InChI=1S/C21H23N5O3S/c1-14(2)11-25-12-18-20(21(27)24-16-10-22-9-8-15(16)3)23-13-26(18)17-6-4-5-7-19(17)30(25,28)29/h4-10,13-14H,11-12H2,1-3H3,(H,24,27). The molecule has 30 heavy (non-hydrogen) atoms. The van der Waals surface area contributed by atoms with Crippen LogP contribution in [0.2, 0.25) is 0 Å². The zero-order valence-corrected chi connectivity index (χ0v) is 17.8. The number of sulfonamides is 1. The van der Waals surface area contributed by atoms with Gasteiger partial charge in [-0.25, -0.2) is 13.4 Å². The number of carbonyl (C=O) groups is 1. The maximum absolute atomic E-state index is 13.3. The molecule has 0 radical (unpaired) electrons. The second-order valence-corrected chi connectivity index (χ2v) is 9.62. The highest BCUT2D eigenvalue weighted by molar-refractivity contribution is 7.89. The van der Waals surface area contributed by atoms with E-state index >= 15 is 0 Å². The number of anilines is 1. The summed E-state index contributed by atoms with van der Waals surface area (Å²) >= 11 is 0. The molecule has 0 bridgehead atoms. The number of pyridine rings is 1. The molecule has 0 saturated heterocycles. The number of fused-ring (bicyclic) bond motifs is 3. The van der Waals surface area contributed by atoms with Crippen molar-refractivity contribution in [1.82, 2.24) is 18.8 Å². The van der Waals surface area contributed by atoms with Crippen LogP contribution in [0.25, 0.3) is 5.69 Å². The topological polar surface area (TPSA) is 97.2 Å². The molecular weight excluding hydrogens is 402 g/mol. The van der Waals surface area contributed by atoms with Gasteiger partial charge in [-0.3, -0.25) is 14.3 Å². The van der Waals surface area contributed by atoms with Gasteiger partial charge < -0.3 is 5.32 Å². The smallest absolute Gasteiger partial charge is 0.276 e. The van der Waals surface area contributed by atoms with E-state index in [4.69, 9.17) is 0 Å². The number of rotatable bonds is 4. The first-order chi connectivity index (χ1) is 14.3. The fourth-order valence-corrected chi connectivity index (χ4v) is 5.28. The Morgan fingerprint density at radius 3 is 2.73 bits per heavy atom. The Hall–Kier alpha value is -3.04. The predicted octanol–water partition coefficient (Wildman–Crippen LogP) is 2.99. The molecule has 8 nitrogen and oxygen atoms in total. The SMILES string of the molecule is Cc1ccncc1NC(=O)c1ncn2c1CN(CC(C)C)S(=O)(=O)c1ccccc1-2. The largest absolute Gasteiger partial charge is 0.319 e. The van der Waals surface area contributed by atoms with Crippen molar-refractivity contribution < 1.29 is 13.2 Å². The summed E-state index contributed by atoms with van der Waals surface area (Å²) in [7, 11) is -3.72. The predicted molar refractivity (Wildman–Crippen MR) is 113 cm³/mol. The van der Waals surface area contributed by atoms with Crippen LogP contribution in [0.3, 0.4) is 0 Å². The third-order valence-electron chi connectivity index (χ3n) is 5.01. The van der Waals surface area contributed by atoms with E-state index < -0.39 is 15.9 Å². The number of hydrogen-bond acceptors (Lipinski definition) is 5. The maximum atomic E-state index is 13.3. The number of nitrogens with zero attached hydrogens (tertiary/aromatic N) is 4. The molecule has 156 valence electrons. The summed E-state index contributed by atoms with van der Waals surface area (Å²) in [6, 6.07) is 8.59. The highest BCUT2D eigenvalue weighted by atomic mass is 32.2. The molecule has 0 saturated carbocycles. The summed E-state index contributed by atoms with van der Waals surface area (Å²) in [5, 5.41) is 2.84. The molecule has 9 heteroatoms. The number of imidazole rings is 1. The quantitative estimate of drug-likeness (QED) is 0.693. The lowest BCUT2D eigenvalue weighted by Gasteiger charge is -2.22. The van der Waals surface area contributed by atoms with Gasteiger partial charge in [-0.2, -0.15) is 4.31 Å². The van der Waals surface area contributed by atoms with E-state index in [0.717, 1.165) is 5.56 Å². The summed E-state index contributed by atoms with van der Waals surface area (Å²) in [6.07, 6.45) is 4.74. The third kappa shape index (κ3) is 3.50. The van der Waals surface area contributed by atoms with Gasteiger partial charge in [0.25, 0.3) is 5.91 Å². The van der Waals surface area contributed by atoms with Gasteiger partial charge in [-0.15, -0.1) is 0 Å². The number of aromatic nitrogens is 3. The molecule has 3 aromatic rings. The first-order valence-corrected chi connectivity index (χ1v) is 11.1. The molecule has 3 heterocycles. The first-order valence-electron chi connectivity index (χ1n) is 9.66. The summed E-state index contributed by atoms with van der Waals surface area (Å²) < 4.78 is 29.8. The van der Waals surface area contributed by atoms with Crippen molar-refractivity contribution in [1.29, 1.82) is 0 Å². The van der Waals surface area contributed by atoms with Crippen LogP contribution in [0.5, 0.6) is 0 Å². The zero-order chi connectivity index (χ0) is 21.5. The first kappa shape index (κ1) is 20.2. The average molecular weight is 426 g/mol. The van der Waals surface area contributed by atoms with Crippen molar-refractivity contribution in [3.63, 3.8) is 0 Å². The molecular formula is C21H23N5O3S. The highest BCUT2D eigenvalue weighted by Gasteiger charge is 2.35. The molecule has 1 aromatic carbocycles. The van der Waals surface area contributed by atoms with Crippen LogP contribution >= 0.6 is 0 Å². The van der Waals surface area contributed by atoms with E-state index in [1.807, 2.05) is 20.8 Å². The lowest BCUT2D eigenvalue weighted by Crippen LogP contribution is -2.33. The number of para-hydroxylation sites is 1. The van der Waals surface area contributed by atoms with Crippen LogP contribution in [0.15, 0.2) is 53.9 Å². The Morgan fingerprint density at radius 2 is 2.00 bits per heavy atom. The minimum atomic E-state index is -3.72. The Kier molecular flexibility index (Phi) is 5.17. The van der Waals surface area contributed by atoms with E-state index in [2.05, 4.69) is 15.3 Å². The van der Waals surface area contributed by atoms with Gasteiger partial charge in [0.15, 0.2) is 5.69 Å². The van der Waals surface area contributed by atoms with Crippen LogP contribution in [0, 0.1) is 12.8 Å². The molecule has 1 amide bonds. The Morgan fingerprint density at radius 1 is 1.23 bits per heavy atom. The van der Waals surface area contributed by atoms with Gasteiger partial charge in [-0.1, -0.05) is 26.0 Å².